The maximum absolute atomic E-state index is 13.5. The van der Waals surface area contributed by atoms with Crippen molar-refractivity contribution in [2.24, 2.45) is 0 Å². The second-order valence-electron chi connectivity index (χ2n) is 7.19. The summed E-state index contributed by atoms with van der Waals surface area (Å²) in [4.78, 5) is 40.5. The first-order valence-electron chi connectivity index (χ1n) is 10.1. The zero-order valence-electron chi connectivity index (χ0n) is 19.0. The second-order valence-corrected chi connectivity index (χ2v) is 7.19. The number of esters is 1. The first kappa shape index (κ1) is 23.9. The Morgan fingerprint density at radius 3 is 2.45 bits per heavy atom. The number of nitrogens with zero attached hydrogens (tertiary/aromatic N) is 2. The van der Waals surface area contributed by atoms with E-state index in [0.29, 0.717) is 40.4 Å². The average molecular weight is 427 g/mol. The molecule has 0 aliphatic rings. The van der Waals surface area contributed by atoms with Crippen molar-refractivity contribution in [3.05, 3.63) is 65.0 Å². The van der Waals surface area contributed by atoms with Gasteiger partial charge in [-0.05, 0) is 51.5 Å². The van der Waals surface area contributed by atoms with Crippen LogP contribution in [-0.4, -0.2) is 53.9 Å². The van der Waals surface area contributed by atoms with Gasteiger partial charge in [-0.1, -0.05) is 12.1 Å². The van der Waals surface area contributed by atoms with Crippen molar-refractivity contribution in [1.82, 2.24) is 9.47 Å². The molecule has 1 amide bonds. The van der Waals surface area contributed by atoms with Gasteiger partial charge in [0.1, 0.15) is 11.4 Å². The molecule has 0 aliphatic carbocycles. The van der Waals surface area contributed by atoms with Gasteiger partial charge in [-0.3, -0.25) is 9.59 Å². The van der Waals surface area contributed by atoms with Crippen molar-refractivity contribution in [3.63, 3.8) is 0 Å². The van der Waals surface area contributed by atoms with E-state index in [9.17, 15) is 14.4 Å². The van der Waals surface area contributed by atoms with E-state index < -0.39 is 12.0 Å². The van der Waals surface area contributed by atoms with Crippen LogP contribution in [0, 0.1) is 13.8 Å². The number of hydrogen-bond donors (Lipinski definition) is 0. The molecule has 0 spiro atoms. The van der Waals surface area contributed by atoms with E-state index in [-0.39, 0.29) is 18.2 Å². The van der Waals surface area contributed by atoms with Crippen LogP contribution in [0.1, 0.15) is 56.3 Å². The molecule has 2 rings (SSSR count). The number of methoxy groups -OCH3 is 2. The van der Waals surface area contributed by atoms with Crippen molar-refractivity contribution in [2.45, 2.75) is 40.3 Å². The highest BCUT2D eigenvalue weighted by molar-refractivity contribution is 6.07. The van der Waals surface area contributed by atoms with Crippen LogP contribution in [0.4, 0.5) is 0 Å². The van der Waals surface area contributed by atoms with Crippen LogP contribution in [0.2, 0.25) is 0 Å². The van der Waals surface area contributed by atoms with E-state index in [1.807, 2.05) is 6.92 Å². The summed E-state index contributed by atoms with van der Waals surface area (Å²) in [5, 5.41) is 0. The molecule has 0 saturated heterocycles. The standard InChI is InChI=1S/C24H30N2O5/c1-8-13-26(23(28)18-11-10-12-19(14-18)30-6)17(5)22(27)20-15(3)21(24(29)31-7)25(9-2)16(20)4/h8,10-12,14,17H,1,9,13H2,2-7H3. The summed E-state index contributed by atoms with van der Waals surface area (Å²) in [6, 6.07) is 6.01. The van der Waals surface area contributed by atoms with E-state index in [1.165, 1.54) is 19.1 Å². The molecule has 2 aromatic rings. The fourth-order valence-electron chi connectivity index (χ4n) is 3.84. The third kappa shape index (κ3) is 4.55. The highest BCUT2D eigenvalue weighted by Crippen LogP contribution is 2.26. The highest BCUT2D eigenvalue weighted by atomic mass is 16.5. The topological polar surface area (TPSA) is 77.8 Å². The van der Waals surface area contributed by atoms with E-state index in [0.717, 1.165) is 0 Å². The molecule has 1 aromatic heterocycles. The molecule has 166 valence electrons. The van der Waals surface area contributed by atoms with Gasteiger partial charge in [0.25, 0.3) is 5.91 Å². The molecular weight excluding hydrogens is 396 g/mol. The van der Waals surface area contributed by atoms with Crippen molar-refractivity contribution in [1.29, 1.82) is 0 Å². The summed E-state index contributed by atoms with van der Waals surface area (Å²) in [6.45, 7) is 11.5. The van der Waals surface area contributed by atoms with Gasteiger partial charge in [0, 0.05) is 29.9 Å². The van der Waals surface area contributed by atoms with Gasteiger partial charge >= 0.3 is 5.97 Å². The third-order valence-corrected chi connectivity index (χ3v) is 5.46. The van der Waals surface area contributed by atoms with Crippen LogP contribution >= 0.6 is 0 Å². The van der Waals surface area contributed by atoms with Crippen molar-refractivity contribution in [3.8, 4) is 5.75 Å². The van der Waals surface area contributed by atoms with Crippen molar-refractivity contribution >= 4 is 17.7 Å². The van der Waals surface area contributed by atoms with Crippen LogP contribution in [-0.2, 0) is 11.3 Å². The molecule has 7 heteroatoms. The second kappa shape index (κ2) is 10.1. The van der Waals surface area contributed by atoms with Gasteiger partial charge in [-0.25, -0.2) is 4.79 Å². The number of hydrogen-bond acceptors (Lipinski definition) is 5. The zero-order valence-corrected chi connectivity index (χ0v) is 19.0. The van der Waals surface area contributed by atoms with E-state index >= 15 is 0 Å². The summed E-state index contributed by atoms with van der Waals surface area (Å²) in [6.07, 6.45) is 1.58. The molecular formula is C24H30N2O5. The summed E-state index contributed by atoms with van der Waals surface area (Å²) < 4.78 is 11.9. The Labute approximate surface area is 183 Å². The SMILES string of the molecule is C=CCN(C(=O)c1cccc(OC)c1)C(C)C(=O)c1c(C)c(C(=O)OC)n(CC)c1C. The molecule has 0 aliphatic heterocycles. The lowest BCUT2D eigenvalue weighted by Crippen LogP contribution is -2.43. The zero-order chi connectivity index (χ0) is 23.3. The number of rotatable bonds is 9. The summed E-state index contributed by atoms with van der Waals surface area (Å²) in [5.74, 6) is -0.495. The Balaban J connectivity index is 2.49. The van der Waals surface area contributed by atoms with Crippen LogP contribution in [0.3, 0.4) is 0 Å². The van der Waals surface area contributed by atoms with Crippen molar-refractivity contribution in [2.75, 3.05) is 20.8 Å². The van der Waals surface area contributed by atoms with E-state index in [1.54, 1.807) is 55.7 Å². The lowest BCUT2D eigenvalue weighted by molar-refractivity contribution is 0.0587. The molecule has 31 heavy (non-hydrogen) atoms. The fourth-order valence-corrected chi connectivity index (χ4v) is 3.84. The highest BCUT2D eigenvalue weighted by Gasteiger charge is 2.32. The average Bonchev–Trinajstić information content (AvgIpc) is 3.04. The minimum atomic E-state index is -0.771. The third-order valence-electron chi connectivity index (χ3n) is 5.46. The van der Waals surface area contributed by atoms with E-state index in [2.05, 4.69) is 6.58 Å². The van der Waals surface area contributed by atoms with Crippen LogP contribution in [0.5, 0.6) is 5.75 Å². The fraction of sp³-hybridized carbons (Fsp3) is 0.375. The van der Waals surface area contributed by atoms with Gasteiger partial charge in [0.2, 0.25) is 0 Å². The summed E-state index contributed by atoms with van der Waals surface area (Å²) in [5.41, 5.74) is 2.42. The number of ether oxygens (including phenoxy) is 2. The lowest BCUT2D eigenvalue weighted by atomic mass is 9.99. The quantitative estimate of drug-likeness (QED) is 0.346. The molecule has 0 fully saturated rings. The smallest absolute Gasteiger partial charge is 0.354 e. The normalized spacial score (nSPS) is 11.5. The molecule has 0 bridgehead atoms. The molecule has 0 radical (unpaired) electrons. The monoisotopic (exact) mass is 426 g/mol. The Kier molecular flexibility index (Phi) is 7.80. The number of Topliss-reactive ketones (excluding diaryl/α,β-unsaturated/α-hetero) is 1. The van der Waals surface area contributed by atoms with Gasteiger partial charge in [0.05, 0.1) is 20.3 Å². The van der Waals surface area contributed by atoms with E-state index in [4.69, 9.17) is 9.47 Å². The number of carbonyl (C=O) groups is 3. The predicted octanol–water partition coefficient (Wildman–Crippen LogP) is 3.82. The minimum Gasteiger partial charge on any atom is -0.497 e. The predicted molar refractivity (Wildman–Crippen MR) is 119 cm³/mol. The van der Waals surface area contributed by atoms with Gasteiger partial charge in [-0.2, -0.15) is 0 Å². The Morgan fingerprint density at radius 2 is 1.90 bits per heavy atom. The first-order valence-corrected chi connectivity index (χ1v) is 10.1. The molecule has 1 atom stereocenters. The molecule has 1 aromatic carbocycles. The minimum absolute atomic E-state index is 0.194. The van der Waals surface area contributed by atoms with Gasteiger partial charge in [-0.15, -0.1) is 6.58 Å². The number of carbonyl (C=O) groups excluding carboxylic acids is 3. The first-order chi connectivity index (χ1) is 14.7. The van der Waals surface area contributed by atoms with Gasteiger partial charge < -0.3 is 18.9 Å². The van der Waals surface area contributed by atoms with Crippen molar-refractivity contribution < 1.29 is 23.9 Å². The number of aromatic nitrogens is 1. The maximum Gasteiger partial charge on any atom is 0.354 e. The molecule has 1 heterocycles. The van der Waals surface area contributed by atoms with Gasteiger partial charge in [0.15, 0.2) is 5.78 Å². The Morgan fingerprint density at radius 1 is 1.23 bits per heavy atom. The molecule has 0 N–H and O–H groups in total. The maximum atomic E-state index is 13.5. The molecule has 0 saturated carbocycles. The number of benzene rings is 1. The lowest BCUT2D eigenvalue weighted by Gasteiger charge is -2.28. The summed E-state index contributed by atoms with van der Waals surface area (Å²) in [7, 11) is 2.84. The Hall–Kier alpha value is -3.35. The number of ketones is 1. The number of amides is 1. The van der Waals surface area contributed by atoms with Crippen LogP contribution < -0.4 is 4.74 Å². The molecule has 7 nitrogen and oxygen atoms in total. The van der Waals surface area contributed by atoms with Crippen LogP contribution in [0.15, 0.2) is 36.9 Å². The Bertz CT molecular complexity index is 1010. The largest absolute Gasteiger partial charge is 0.497 e. The summed E-state index contributed by atoms with van der Waals surface area (Å²) >= 11 is 0. The van der Waals surface area contributed by atoms with Crippen LogP contribution in [0.25, 0.3) is 0 Å². The molecule has 1 unspecified atom stereocenters.